The molecular formula is C17H24N2O2. The molecule has 21 heavy (non-hydrogen) atoms. The van der Waals surface area contributed by atoms with Crippen molar-refractivity contribution in [3.63, 3.8) is 0 Å². The molecule has 0 amide bonds. The van der Waals surface area contributed by atoms with Crippen LogP contribution in [0.4, 0.5) is 0 Å². The first-order chi connectivity index (χ1) is 10.1. The number of aliphatic hydroxyl groups is 1. The lowest BCUT2D eigenvalue weighted by Gasteiger charge is -2.38. The van der Waals surface area contributed by atoms with Crippen LogP contribution in [0.25, 0.3) is 0 Å². The summed E-state index contributed by atoms with van der Waals surface area (Å²) < 4.78 is 5.59. The number of piperidine rings is 1. The predicted molar refractivity (Wildman–Crippen MR) is 82.1 cm³/mol. The fraction of sp³-hybridized carbons (Fsp3) is 0.588. The molecule has 114 valence electrons. The molecule has 1 fully saturated rings. The predicted octanol–water partition coefficient (Wildman–Crippen LogP) is 2.42. The molecule has 1 aromatic rings. The van der Waals surface area contributed by atoms with Gasteiger partial charge in [-0.3, -0.25) is 4.90 Å². The van der Waals surface area contributed by atoms with Crippen molar-refractivity contribution in [1.82, 2.24) is 4.90 Å². The minimum atomic E-state index is -0.511. The zero-order valence-electron chi connectivity index (χ0n) is 12.8. The number of benzene rings is 1. The molecule has 3 atom stereocenters. The Morgan fingerprint density at radius 1 is 1.48 bits per heavy atom. The number of likely N-dealkylation sites (tertiary alicyclic amines) is 1. The number of hydrogen-bond acceptors (Lipinski definition) is 4. The normalized spacial score (nSPS) is 24.3. The Morgan fingerprint density at radius 3 is 3.05 bits per heavy atom. The smallest absolute Gasteiger partial charge is 0.120 e. The van der Waals surface area contributed by atoms with Crippen LogP contribution in [0.5, 0.6) is 5.75 Å². The van der Waals surface area contributed by atoms with Crippen molar-refractivity contribution in [2.24, 2.45) is 5.92 Å². The number of nitriles is 1. The van der Waals surface area contributed by atoms with E-state index in [4.69, 9.17) is 10.00 Å². The zero-order valence-corrected chi connectivity index (χ0v) is 12.8. The van der Waals surface area contributed by atoms with Crippen LogP contribution in [0.1, 0.15) is 32.3 Å². The van der Waals surface area contributed by atoms with Gasteiger partial charge in [-0.15, -0.1) is 0 Å². The van der Waals surface area contributed by atoms with Crippen molar-refractivity contribution in [1.29, 1.82) is 5.26 Å². The Bertz CT molecular complexity index is 498. The quantitative estimate of drug-likeness (QED) is 0.904. The Labute approximate surface area is 127 Å². The highest BCUT2D eigenvalue weighted by atomic mass is 16.5. The van der Waals surface area contributed by atoms with E-state index in [1.165, 1.54) is 12.8 Å². The number of nitrogens with zero attached hydrogens (tertiary/aromatic N) is 2. The van der Waals surface area contributed by atoms with E-state index in [9.17, 15) is 5.11 Å². The molecule has 1 aliphatic heterocycles. The second kappa shape index (κ2) is 7.44. The first kappa shape index (κ1) is 15.8. The summed E-state index contributed by atoms with van der Waals surface area (Å²) in [7, 11) is 0. The average Bonchev–Trinajstić information content (AvgIpc) is 2.50. The molecular weight excluding hydrogens is 264 g/mol. The van der Waals surface area contributed by atoms with E-state index < -0.39 is 6.10 Å². The molecule has 1 heterocycles. The van der Waals surface area contributed by atoms with Crippen LogP contribution >= 0.6 is 0 Å². The van der Waals surface area contributed by atoms with Gasteiger partial charge in [-0.25, -0.2) is 0 Å². The third-order valence-corrected chi connectivity index (χ3v) is 4.36. The summed E-state index contributed by atoms with van der Waals surface area (Å²) in [6.07, 6.45) is 1.96. The largest absolute Gasteiger partial charge is 0.491 e. The molecule has 4 heteroatoms. The van der Waals surface area contributed by atoms with Crippen molar-refractivity contribution in [2.45, 2.75) is 38.8 Å². The van der Waals surface area contributed by atoms with Crippen LogP contribution in [0.2, 0.25) is 0 Å². The Balaban J connectivity index is 1.81. The van der Waals surface area contributed by atoms with E-state index in [0.717, 1.165) is 6.54 Å². The van der Waals surface area contributed by atoms with Gasteiger partial charge in [0, 0.05) is 12.6 Å². The zero-order chi connectivity index (χ0) is 15.2. The van der Waals surface area contributed by atoms with E-state index in [1.54, 1.807) is 24.3 Å². The van der Waals surface area contributed by atoms with Crippen molar-refractivity contribution < 1.29 is 9.84 Å². The molecule has 0 aliphatic carbocycles. The van der Waals surface area contributed by atoms with Gasteiger partial charge in [-0.1, -0.05) is 13.0 Å². The second-order valence-electron chi connectivity index (χ2n) is 5.96. The molecule has 2 rings (SSSR count). The van der Waals surface area contributed by atoms with Crippen molar-refractivity contribution >= 4 is 0 Å². The summed E-state index contributed by atoms with van der Waals surface area (Å²) in [5, 5.41) is 19.0. The van der Waals surface area contributed by atoms with Gasteiger partial charge in [0.2, 0.25) is 0 Å². The first-order valence-electron chi connectivity index (χ1n) is 7.65. The molecule has 1 aromatic carbocycles. The van der Waals surface area contributed by atoms with Gasteiger partial charge in [-0.05, 0) is 50.4 Å². The third-order valence-electron chi connectivity index (χ3n) is 4.36. The van der Waals surface area contributed by atoms with Gasteiger partial charge >= 0.3 is 0 Å². The maximum atomic E-state index is 10.2. The van der Waals surface area contributed by atoms with Crippen molar-refractivity contribution in [2.75, 3.05) is 19.7 Å². The molecule has 1 N–H and O–H groups in total. The molecule has 3 unspecified atom stereocenters. The van der Waals surface area contributed by atoms with Crippen molar-refractivity contribution in [3.05, 3.63) is 29.8 Å². The minimum Gasteiger partial charge on any atom is -0.491 e. The van der Waals surface area contributed by atoms with Gasteiger partial charge in [0.05, 0.1) is 11.6 Å². The Hall–Kier alpha value is -1.57. The summed E-state index contributed by atoms with van der Waals surface area (Å²) in [5.74, 6) is 1.31. The number of hydrogen-bond donors (Lipinski definition) is 1. The van der Waals surface area contributed by atoms with Gasteiger partial charge in [0.25, 0.3) is 0 Å². The molecule has 0 bridgehead atoms. The van der Waals surface area contributed by atoms with Gasteiger partial charge < -0.3 is 9.84 Å². The van der Waals surface area contributed by atoms with Crippen LogP contribution in [-0.2, 0) is 0 Å². The number of aliphatic hydroxyl groups excluding tert-OH is 1. The van der Waals surface area contributed by atoms with E-state index in [0.29, 0.717) is 29.8 Å². The van der Waals surface area contributed by atoms with Gasteiger partial charge in [-0.2, -0.15) is 5.26 Å². The van der Waals surface area contributed by atoms with Crippen molar-refractivity contribution in [3.8, 4) is 11.8 Å². The van der Waals surface area contributed by atoms with Crippen LogP contribution in [0, 0.1) is 17.2 Å². The van der Waals surface area contributed by atoms with Crippen LogP contribution < -0.4 is 4.74 Å². The third kappa shape index (κ3) is 4.45. The molecule has 0 saturated carbocycles. The lowest BCUT2D eigenvalue weighted by Crippen LogP contribution is -2.46. The molecule has 0 radical (unpaired) electrons. The van der Waals surface area contributed by atoms with E-state index in [1.807, 2.05) is 0 Å². The summed E-state index contributed by atoms with van der Waals surface area (Å²) >= 11 is 0. The monoisotopic (exact) mass is 288 g/mol. The van der Waals surface area contributed by atoms with E-state index in [-0.39, 0.29) is 6.61 Å². The van der Waals surface area contributed by atoms with E-state index in [2.05, 4.69) is 24.8 Å². The molecule has 0 aromatic heterocycles. The van der Waals surface area contributed by atoms with Crippen LogP contribution in [0.15, 0.2) is 24.3 Å². The Kier molecular flexibility index (Phi) is 5.60. The second-order valence-corrected chi connectivity index (χ2v) is 5.96. The minimum absolute atomic E-state index is 0.256. The maximum absolute atomic E-state index is 10.2. The highest BCUT2D eigenvalue weighted by Gasteiger charge is 2.26. The average molecular weight is 288 g/mol. The summed E-state index contributed by atoms with van der Waals surface area (Å²) in [6.45, 7) is 6.45. The molecule has 1 saturated heterocycles. The van der Waals surface area contributed by atoms with Crippen LogP contribution in [-0.4, -0.2) is 41.8 Å². The standard InChI is InChI=1S/C17H24N2O2/c1-13-5-4-8-19(14(13)2)11-16(20)12-21-17-7-3-6-15(9-17)10-18/h3,6-7,9,13-14,16,20H,4-5,8,11-12H2,1-2H3. The fourth-order valence-electron chi connectivity index (χ4n) is 2.85. The highest BCUT2D eigenvalue weighted by molar-refractivity contribution is 5.36. The first-order valence-corrected chi connectivity index (χ1v) is 7.65. The summed E-state index contributed by atoms with van der Waals surface area (Å²) in [6, 6.07) is 9.61. The molecule has 0 spiro atoms. The fourth-order valence-corrected chi connectivity index (χ4v) is 2.85. The summed E-state index contributed by atoms with van der Waals surface area (Å²) in [5.41, 5.74) is 0.570. The van der Waals surface area contributed by atoms with Gasteiger partial charge in [0.1, 0.15) is 18.5 Å². The maximum Gasteiger partial charge on any atom is 0.120 e. The Morgan fingerprint density at radius 2 is 2.29 bits per heavy atom. The van der Waals surface area contributed by atoms with E-state index >= 15 is 0 Å². The highest BCUT2D eigenvalue weighted by Crippen LogP contribution is 2.23. The molecule has 1 aliphatic rings. The topological polar surface area (TPSA) is 56.5 Å². The lowest BCUT2D eigenvalue weighted by atomic mass is 9.92. The molecule has 4 nitrogen and oxygen atoms in total. The number of ether oxygens (including phenoxy) is 1. The number of β-amino-alcohol motifs (C(OH)–C–C–N with tert-alkyl or cyclic N) is 1. The lowest BCUT2D eigenvalue weighted by molar-refractivity contribution is 0.0292. The van der Waals surface area contributed by atoms with Crippen LogP contribution in [0.3, 0.4) is 0 Å². The number of rotatable bonds is 5. The van der Waals surface area contributed by atoms with Gasteiger partial charge in [0.15, 0.2) is 0 Å². The SMILES string of the molecule is CC1CCCN(CC(O)COc2cccc(C#N)c2)C1C. The summed E-state index contributed by atoms with van der Waals surface area (Å²) in [4.78, 5) is 2.34.